The summed E-state index contributed by atoms with van der Waals surface area (Å²) in [4.78, 5) is 0. The van der Waals surface area contributed by atoms with Crippen molar-refractivity contribution in [2.75, 3.05) is 12.8 Å². The van der Waals surface area contributed by atoms with Crippen molar-refractivity contribution in [2.24, 2.45) is 0 Å². The van der Waals surface area contributed by atoms with Crippen molar-refractivity contribution < 1.29 is 9.84 Å². The van der Waals surface area contributed by atoms with Gasteiger partial charge in [0.1, 0.15) is 0 Å². The second kappa shape index (κ2) is 2.47. The molecule has 0 atom stereocenters. The van der Waals surface area contributed by atoms with Gasteiger partial charge in [-0.05, 0) is 12.1 Å². The average molecular weight is 139 g/mol. The van der Waals surface area contributed by atoms with Gasteiger partial charge in [-0.1, -0.05) is 6.07 Å². The van der Waals surface area contributed by atoms with Crippen LogP contribution < -0.4 is 10.5 Å². The Balaban J connectivity index is 3.14. The number of hydrogen-bond donors (Lipinski definition) is 2. The Hall–Kier alpha value is -1.38. The van der Waals surface area contributed by atoms with E-state index in [0.717, 1.165) is 0 Å². The summed E-state index contributed by atoms with van der Waals surface area (Å²) in [6, 6.07) is 4.97. The monoisotopic (exact) mass is 139 g/mol. The van der Waals surface area contributed by atoms with Crippen molar-refractivity contribution in [1.29, 1.82) is 0 Å². The van der Waals surface area contributed by atoms with E-state index in [4.69, 9.17) is 15.6 Å². The highest BCUT2D eigenvalue weighted by molar-refractivity contribution is 5.58. The zero-order chi connectivity index (χ0) is 7.56. The van der Waals surface area contributed by atoms with E-state index >= 15 is 0 Å². The zero-order valence-corrected chi connectivity index (χ0v) is 5.66. The molecule has 0 saturated carbocycles. The van der Waals surface area contributed by atoms with Crippen LogP contribution in [0.5, 0.6) is 11.5 Å². The van der Waals surface area contributed by atoms with Crippen LogP contribution in [0.1, 0.15) is 0 Å². The smallest absolute Gasteiger partial charge is 0.181 e. The Morgan fingerprint density at radius 2 is 2.20 bits per heavy atom. The summed E-state index contributed by atoms with van der Waals surface area (Å²) in [6.07, 6.45) is 0. The molecule has 0 bridgehead atoms. The Bertz CT molecular complexity index is 235. The number of anilines is 1. The Kier molecular flexibility index (Phi) is 1.67. The van der Waals surface area contributed by atoms with Gasteiger partial charge in [0.25, 0.3) is 0 Å². The number of phenolic OH excluding ortho intramolecular Hbond substituents is 1. The lowest BCUT2D eigenvalue weighted by Gasteiger charge is -2.03. The van der Waals surface area contributed by atoms with Gasteiger partial charge in [-0.2, -0.15) is 0 Å². The molecule has 0 fully saturated rings. The minimum Gasteiger partial charge on any atom is -0.503 e. The third kappa shape index (κ3) is 0.978. The number of ether oxygens (including phenoxy) is 1. The fourth-order valence-corrected chi connectivity index (χ4v) is 0.704. The molecule has 0 radical (unpaired) electrons. The molecule has 1 aromatic carbocycles. The third-order valence-corrected chi connectivity index (χ3v) is 1.25. The van der Waals surface area contributed by atoms with Crippen molar-refractivity contribution in [3.05, 3.63) is 18.2 Å². The lowest BCUT2D eigenvalue weighted by Crippen LogP contribution is -1.88. The first kappa shape index (κ1) is 6.74. The summed E-state index contributed by atoms with van der Waals surface area (Å²) >= 11 is 0. The average Bonchev–Trinajstić information content (AvgIpc) is 1.95. The van der Waals surface area contributed by atoms with Crippen LogP contribution in [-0.4, -0.2) is 12.2 Å². The highest BCUT2D eigenvalue weighted by Crippen LogP contribution is 2.30. The molecule has 3 heteroatoms. The first-order valence-corrected chi connectivity index (χ1v) is 2.87. The molecule has 0 amide bonds. The summed E-state index contributed by atoms with van der Waals surface area (Å²) in [7, 11) is 1.48. The summed E-state index contributed by atoms with van der Waals surface area (Å²) in [5.41, 5.74) is 5.70. The van der Waals surface area contributed by atoms with Gasteiger partial charge < -0.3 is 15.6 Å². The molecule has 1 rings (SSSR count). The number of nitrogens with two attached hydrogens (primary N) is 1. The van der Waals surface area contributed by atoms with Crippen LogP contribution in [0.3, 0.4) is 0 Å². The highest BCUT2D eigenvalue weighted by atomic mass is 16.5. The maximum atomic E-state index is 9.15. The quantitative estimate of drug-likeness (QED) is 0.450. The van der Waals surface area contributed by atoms with Crippen LogP contribution in [0, 0.1) is 0 Å². The number of methoxy groups -OCH3 is 1. The van der Waals surface area contributed by atoms with Gasteiger partial charge in [0.05, 0.1) is 12.8 Å². The molecule has 0 aliphatic carbocycles. The van der Waals surface area contributed by atoms with Gasteiger partial charge in [-0.15, -0.1) is 0 Å². The lowest BCUT2D eigenvalue weighted by atomic mass is 10.3. The summed E-state index contributed by atoms with van der Waals surface area (Å²) in [6.45, 7) is 0. The van der Waals surface area contributed by atoms with E-state index in [2.05, 4.69) is 0 Å². The fourth-order valence-electron chi connectivity index (χ4n) is 0.704. The molecule has 0 unspecified atom stereocenters. The van der Waals surface area contributed by atoms with Crippen molar-refractivity contribution >= 4 is 5.69 Å². The normalized spacial score (nSPS) is 9.30. The zero-order valence-electron chi connectivity index (χ0n) is 5.66. The molecule has 1 aromatic rings. The largest absolute Gasteiger partial charge is 0.503 e. The standard InChI is InChI=1S/C7H9NO2/c1-10-6-4-2-3-5(8)7(6)9/h2-4,9H,8H2,1H3. The van der Waals surface area contributed by atoms with Gasteiger partial charge in [0.2, 0.25) is 0 Å². The highest BCUT2D eigenvalue weighted by Gasteiger charge is 2.01. The molecule has 0 aliphatic heterocycles. The van der Waals surface area contributed by atoms with Crippen LogP contribution in [0.2, 0.25) is 0 Å². The number of benzene rings is 1. The first-order chi connectivity index (χ1) is 4.75. The van der Waals surface area contributed by atoms with Crippen molar-refractivity contribution in [3.63, 3.8) is 0 Å². The molecule has 3 nitrogen and oxygen atoms in total. The number of phenols is 1. The molecular formula is C7H9NO2. The Morgan fingerprint density at radius 1 is 1.50 bits per heavy atom. The summed E-state index contributed by atoms with van der Waals surface area (Å²) < 4.78 is 4.80. The molecule has 0 saturated heterocycles. The molecule has 0 spiro atoms. The number of aromatic hydroxyl groups is 1. The third-order valence-electron chi connectivity index (χ3n) is 1.25. The lowest BCUT2D eigenvalue weighted by molar-refractivity contribution is 0.375. The van der Waals surface area contributed by atoms with Gasteiger partial charge in [0, 0.05) is 0 Å². The summed E-state index contributed by atoms with van der Waals surface area (Å²) in [5.74, 6) is 0.407. The topological polar surface area (TPSA) is 55.5 Å². The van der Waals surface area contributed by atoms with Gasteiger partial charge in [-0.25, -0.2) is 0 Å². The summed E-state index contributed by atoms with van der Waals surface area (Å²) in [5, 5.41) is 9.15. The fraction of sp³-hybridized carbons (Fsp3) is 0.143. The molecule has 0 heterocycles. The Morgan fingerprint density at radius 3 is 2.70 bits per heavy atom. The number of para-hydroxylation sites is 1. The van der Waals surface area contributed by atoms with Gasteiger partial charge in [0.15, 0.2) is 11.5 Å². The van der Waals surface area contributed by atoms with Crippen molar-refractivity contribution in [1.82, 2.24) is 0 Å². The van der Waals surface area contributed by atoms with Crippen LogP contribution in [0.15, 0.2) is 18.2 Å². The predicted molar refractivity (Wildman–Crippen MR) is 39.1 cm³/mol. The van der Waals surface area contributed by atoms with E-state index in [1.807, 2.05) is 0 Å². The van der Waals surface area contributed by atoms with E-state index in [-0.39, 0.29) is 5.75 Å². The van der Waals surface area contributed by atoms with Crippen LogP contribution in [-0.2, 0) is 0 Å². The van der Waals surface area contributed by atoms with Crippen LogP contribution >= 0.6 is 0 Å². The molecule has 0 aromatic heterocycles. The van der Waals surface area contributed by atoms with E-state index in [1.54, 1.807) is 18.2 Å². The van der Waals surface area contributed by atoms with E-state index in [0.29, 0.717) is 11.4 Å². The number of rotatable bonds is 1. The second-order valence-electron chi connectivity index (χ2n) is 1.90. The molecule has 0 aliphatic rings. The van der Waals surface area contributed by atoms with Crippen LogP contribution in [0.4, 0.5) is 5.69 Å². The molecule has 10 heavy (non-hydrogen) atoms. The minimum absolute atomic E-state index is 0.00463. The van der Waals surface area contributed by atoms with E-state index in [1.165, 1.54) is 7.11 Å². The van der Waals surface area contributed by atoms with Crippen LogP contribution in [0.25, 0.3) is 0 Å². The second-order valence-corrected chi connectivity index (χ2v) is 1.90. The molecular weight excluding hydrogens is 130 g/mol. The SMILES string of the molecule is COc1cccc(N)c1O. The Labute approximate surface area is 59.0 Å². The predicted octanol–water partition coefficient (Wildman–Crippen LogP) is 0.983. The van der Waals surface area contributed by atoms with Crippen molar-refractivity contribution in [3.8, 4) is 11.5 Å². The van der Waals surface area contributed by atoms with Crippen molar-refractivity contribution in [2.45, 2.75) is 0 Å². The minimum atomic E-state index is 0.00463. The number of hydrogen-bond acceptors (Lipinski definition) is 3. The van der Waals surface area contributed by atoms with E-state index in [9.17, 15) is 0 Å². The number of nitrogen functional groups attached to an aromatic ring is 1. The maximum Gasteiger partial charge on any atom is 0.181 e. The van der Waals surface area contributed by atoms with Gasteiger partial charge >= 0.3 is 0 Å². The first-order valence-electron chi connectivity index (χ1n) is 2.87. The molecule has 3 N–H and O–H groups in total. The molecule has 54 valence electrons. The maximum absolute atomic E-state index is 9.15. The van der Waals surface area contributed by atoms with Gasteiger partial charge in [-0.3, -0.25) is 0 Å². The van der Waals surface area contributed by atoms with E-state index < -0.39 is 0 Å².